The van der Waals surface area contributed by atoms with Crippen molar-refractivity contribution in [3.63, 3.8) is 0 Å². The molecule has 0 unspecified atom stereocenters. The number of nitrogens with zero attached hydrogens (tertiary/aromatic N) is 2. The number of pyridine rings is 1. The lowest BCUT2D eigenvalue weighted by Gasteiger charge is -2.17. The van der Waals surface area contributed by atoms with Crippen LogP contribution >= 0.6 is 11.6 Å². The van der Waals surface area contributed by atoms with E-state index in [2.05, 4.69) is 4.98 Å². The maximum atomic E-state index is 11.2. The average molecular weight is 240 g/mol. The van der Waals surface area contributed by atoms with E-state index in [1.165, 1.54) is 0 Å². The topological polar surface area (TPSA) is 59.2 Å². The Morgan fingerprint density at radius 2 is 2.38 bits per heavy atom. The van der Waals surface area contributed by atoms with Gasteiger partial charge >= 0.3 is 0 Å². The fourth-order valence-electron chi connectivity index (χ4n) is 2.12. The van der Waals surface area contributed by atoms with Gasteiger partial charge in [-0.3, -0.25) is 4.79 Å². The zero-order valence-corrected chi connectivity index (χ0v) is 9.81. The van der Waals surface area contributed by atoms with E-state index in [-0.39, 0.29) is 17.7 Å². The molecule has 5 heteroatoms. The summed E-state index contributed by atoms with van der Waals surface area (Å²) < 4.78 is 0. The number of hydrogen-bond acceptors (Lipinski definition) is 3. The van der Waals surface area contributed by atoms with Crippen LogP contribution in [-0.4, -0.2) is 24.0 Å². The zero-order chi connectivity index (χ0) is 11.7. The molecule has 1 amide bonds. The molecule has 1 aliphatic heterocycles. The summed E-state index contributed by atoms with van der Waals surface area (Å²) in [4.78, 5) is 17.5. The minimum absolute atomic E-state index is 0.113. The van der Waals surface area contributed by atoms with Gasteiger partial charge in [0.15, 0.2) is 0 Å². The monoisotopic (exact) mass is 239 g/mol. The lowest BCUT2D eigenvalue weighted by molar-refractivity contribution is -0.122. The molecular weight excluding hydrogens is 226 g/mol. The van der Waals surface area contributed by atoms with Gasteiger partial charge in [-0.2, -0.15) is 0 Å². The van der Waals surface area contributed by atoms with Crippen LogP contribution in [0.15, 0.2) is 18.3 Å². The molecule has 2 heterocycles. The van der Waals surface area contributed by atoms with Crippen molar-refractivity contribution in [2.75, 3.05) is 18.0 Å². The summed E-state index contributed by atoms with van der Waals surface area (Å²) in [6.07, 6.45) is 1.70. The van der Waals surface area contributed by atoms with Crippen LogP contribution in [-0.2, 0) is 4.79 Å². The smallest absolute Gasteiger partial charge is 0.222 e. The first-order valence-corrected chi connectivity index (χ1v) is 5.62. The van der Waals surface area contributed by atoms with Gasteiger partial charge in [0, 0.05) is 19.3 Å². The number of primary amides is 1. The molecule has 0 radical (unpaired) electrons. The number of rotatable bonds is 2. The normalized spacial score (nSPS) is 24.8. The van der Waals surface area contributed by atoms with E-state index in [0.29, 0.717) is 11.6 Å². The van der Waals surface area contributed by atoms with Crippen LogP contribution in [0.2, 0.25) is 5.02 Å². The molecule has 2 atom stereocenters. The number of aromatic nitrogens is 1. The van der Waals surface area contributed by atoms with Gasteiger partial charge in [-0.1, -0.05) is 18.5 Å². The van der Waals surface area contributed by atoms with Gasteiger partial charge in [0.25, 0.3) is 0 Å². The van der Waals surface area contributed by atoms with E-state index >= 15 is 0 Å². The molecule has 1 saturated heterocycles. The maximum absolute atomic E-state index is 11.2. The fraction of sp³-hybridized carbons (Fsp3) is 0.455. The molecule has 16 heavy (non-hydrogen) atoms. The third-order valence-corrected chi connectivity index (χ3v) is 3.31. The lowest BCUT2D eigenvalue weighted by atomic mass is 9.98. The van der Waals surface area contributed by atoms with Crippen molar-refractivity contribution in [1.82, 2.24) is 4.98 Å². The third kappa shape index (κ3) is 1.97. The van der Waals surface area contributed by atoms with Crippen molar-refractivity contribution < 1.29 is 4.79 Å². The Hall–Kier alpha value is -1.29. The number of amides is 1. The highest BCUT2D eigenvalue weighted by atomic mass is 35.5. The SMILES string of the molecule is C[C@@H]1CN(c2ncccc2Cl)C[C@H]1C(N)=O. The highest BCUT2D eigenvalue weighted by Crippen LogP contribution is 2.30. The lowest BCUT2D eigenvalue weighted by Crippen LogP contribution is -2.29. The molecule has 2 N–H and O–H groups in total. The van der Waals surface area contributed by atoms with E-state index in [9.17, 15) is 4.79 Å². The Labute approximate surface area is 99.4 Å². The molecule has 0 bridgehead atoms. The largest absolute Gasteiger partial charge is 0.369 e. The minimum atomic E-state index is -0.248. The fourth-order valence-corrected chi connectivity index (χ4v) is 2.36. The van der Waals surface area contributed by atoms with Crippen LogP contribution in [0.3, 0.4) is 0 Å². The van der Waals surface area contributed by atoms with E-state index in [4.69, 9.17) is 17.3 Å². The maximum Gasteiger partial charge on any atom is 0.222 e. The van der Waals surface area contributed by atoms with Gasteiger partial charge in [-0.05, 0) is 18.1 Å². The summed E-state index contributed by atoms with van der Waals surface area (Å²) in [6, 6.07) is 3.59. The van der Waals surface area contributed by atoms with Crippen LogP contribution < -0.4 is 10.6 Å². The second-order valence-corrected chi connectivity index (χ2v) is 4.61. The van der Waals surface area contributed by atoms with Gasteiger partial charge in [0.05, 0.1) is 10.9 Å². The van der Waals surface area contributed by atoms with Gasteiger partial charge in [-0.15, -0.1) is 0 Å². The molecular formula is C11H14ClN3O. The molecule has 1 aromatic rings. The van der Waals surface area contributed by atoms with Crippen LogP contribution in [0.1, 0.15) is 6.92 Å². The Balaban J connectivity index is 2.20. The summed E-state index contributed by atoms with van der Waals surface area (Å²) in [7, 11) is 0. The molecule has 0 aromatic carbocycles. The summed E-state index contributed by atoms with van der Waals surface area (Å²) >= 11 is 6.06. The Bertz CT molecular complexity index is 410. The Morgan fingerprint density at radius 1 is 1.62 bits per heavy atom. The van der Waals surface area contributed by atoms with Crippen LogP contribution in [0.25, 0.3) is 0 Å². The summed E-state index contributed by atoms with van der Waals surface area (Å²) in [5, 5.41) is 0.611. The zero-order valence-electron chi connectivity index (χ0n) is 9.06. The van der Waals surface area contributed by atoms with Crippen molar-refractivity contribution in [3.8, 4) is 0 Å². The summed E-state index contributed by atoms with van der Waals surface area (Å²) in [5.74, 6) is 0.621. The van der Waals surface area contributed by atoms with Crippen molar-refractivity contribution in [2.24, 2.45) is 17.6 Å². The predicted octanol–water partition coefficient (Wildman–Crippen LogP) is 1.29. The number of halogens is 1. The molecule has 4 nitrogen and oxygen atoms in total. The van der Waals surface area contributed by atoms with E-state index in [1.54, 1.807) is 18.3 Å². The highest BCUT2D eigenvalue weighted by molar-refractivity contribution is 6.32. The van der Waals surface area contributed by atoms with Gasteiger partial charge in [0.2, 0.25) is 5.91 Å². The number of carbonyl (C=O) groups is 1. The second kappa shape index (κ2) is 4.29. The minimum Gasteiger partial charge on any atom is -0.369 e. The third-order valence-electron chi connectivity index (χ3n) is 3.02. The van der Waals surface area contributed by atoms with E-state index < -0.39 is 0 Å². The van der Waals surface area contributed by atoms with Gasteiger partial charge < -0.3 is 10.6 Å². The van der Waals surface area contributed by atoms with Crippen LogP contribution in [0, 0.1) is 11.8 Å². The van der Waals surface area contributed by atoms with Crippen LogP contribution in [0.5, 0.6) is 0 Å². The summed E-state index contributed by atoms with van der Waals surface area (Å²) in [5.41, 5.74) is 5.35. The molecule has 1 fully saturated rings. The Kier molecular flexibility index (Phi) is 3.01. The molecule has 1 aliphatic rings. The first-order valence-electron chi connectivity index (χ1n) is 5.24. The number of anilines is 1. The number of carbonyl (C=O) groups excluding carboxylic acids is 1. The summed E-state index contributed by atoms with van der Waals surface area (Å²) in [6.45, 7) is 3.39. The number of hydrogen-bond donors (Lipinski definition) is 1. The van der Waals surface area contributed by atoms with E-state index in [1.807, 2.05) is 11.8 Å². The van der Waals surface area contributed by atoms with Crippen molar-refractivity contribution in [3.05, 3.63) is 23.4 Å². The first kappa shape index (κ1) is 11.2. The van der Waals surface area contributed by atoms with E-state index in [0.717, 1.165) is 12.4 Å². The Morgan fingerprint density at radius 3 is 2.94 bits per heavy atom. The standard InChI is InChI=1S/C11H14ClN3O/c1-7-5-15(6-8(7)10(13)16)11-9(12)3-2-4-14-11/h2-4,7-8H,5-6H2,1H3,(H2,13,16)/t7-,8-/m1/s1. The molecule has 0 spiro atoms. The number of nitrogens with two attached hydrogens (primary N) is 1. The molecule has 0 aliphatic carbocycles. The van der Waals surface area contributed by atoms with Crippen molar-refractivity contribution >= 4 is 23.3 Å². The quantitative estimate of drug-likeness (QED) is 0.846. The van der Waals surface area contributed by atoms with Gasteiger partial charge in [0.1, 0.15) is 5.82 Å². The van der Waals surface area contributed by atoms with Crippen LogP contribution in [0.4, 0.5) is 5.82 Å². The molecule has 1 aromatic heterocycles. The molecule has 2 rings (SSSR count). The van der Waals surface area contributed by atoms with Crippen molar-refractivity contribution in [1.29, 1.82) is 0 Å². The highest BCUT2D eigenvalue weighted by Gasteiger charge is 2.34. The second-order valence-electron chi connectivity index (χ2n) is 4.20. The van der Waals surface area contributed by atoms with Gasteiger partial charge in [-0.25, -0.2) is 4.98 Å². The van der Waals surface area contributed by atoms with Crippen molar-refractivity contribution in [2.45, 2.75) is 6.92 Å². The molecule has 0 saturated carbocycles. The predicted molar refractivity (Wildman–Crippen MR) is 63.3 cm³/mol. The molecule has 86 valence electrons. The average Bonchev–Trinajstić information content (AvgIpc) is 2.61. The first-order chi connectivity index (χ1) is 7.59.